The highest BCUT2D eigenvalue weighted by molar-refractivity contribution is 7.18. The van der Waals surface area contributed by atoms with Crippen LogP contribution < -0.4 is 4.90 Å². The van der Waals surface area contributed by atoms with Gasteiger partial charge >= 0.3 is 0 Å². The van der Waals surface area contributed by atoms with Gasteiger partial charge in [-0.1, -0.05) is 30.3 Å². The molecule has 5 rings (SSSR count). The standard InChI is InChI=1S/C22H24N4OS/c27-22(26-10-9-17-5-1-3-7-19(17)26)16-25-13-11-24(12-14-25)15-21-23-18-6-2-4-8-20(18)28-21/h1-8H,9-16H2. The first-order valence-electron chi connectivity index (χ1n) is 9.94. The van der Waals surface area contributed by atoms with Gasteiger partial charge in [0.05, 0.1) is 23.3 Å². The summed E-state index contributed by atoms with van der Waals surface area (Å²) in [6.45, 7) is 6.08. The van der Waals surface area contributed by atoms with E-state index in [-0.39, 0.29) is 5.91 Å². The third-order valence-corrected chi connectivity index (χ3v) is 6.73. The molecule has 0 unspecified atom stereocenters. The molecule has 0 aliphatic carbocycles. The highest BCUT2D eigenvalue weighted by Crippen LogP contribution is 2.27. The molecule has 2 aliphatic rings. The molecule has 0 spiro atoms. The van der Waals surface area contributed by atoms with Crippen molar-refractivity contribution in [2.75, 3.05) is 44.2 Å². The van der Waals surface area contributed by atoms with E-state index in [1.54, 1.807) is 11.3 Å². The number of nitrogens with zero attached hydrogens (tertiary/aromatic N) is 4. The molecule has 3 heterocycles. The number of anilines is 1. The maximum Gasteiger partial charge on any atom is 0.241 e. The summed E-state index contributed by atoms with van der Waals surface area (Å²) in [7, 11) is 0. The zero-order valence-corrected chi connectivity index (χ0v) is 16.7. The van der Waals surface area contributed by atoms with Gasteiger partial charge in [0, 0.05) is 38.4 Å². The van der Waals surface area contributed by atoms with Crippen molar-refractivity contribution in [1.29, 1.82) is 0 Å². The molecule has 0 atom stereocenters. The minimum Gasteiger partial charge on any atom is -0.311 e. The topological polar surface area (TPSA) is 39.7 Å². The summed E-state index contributed by atoms with van der Waals surface area (Å²) in [5.41, 5.74) is 3.48. The largest absolute Gasteiger partial charge is 0.311 e. The number of hydrogen-bond donors (Lipinski definition) is 0. The van der Waals surface area contributed by atoms with Crippen molar-refractivity contribution >= 4 is 33.1 Å². The first kappa shape index (κ1) is 17.8. The molecule has 28 heavy (non-hydrogen) atoms. The molecular weight excluding hydrogens is 368 g/mol. The number of hydrogen-bond acceptors (Lipinski definition) is 5. The van der Waals surface area contributed by atoms with E-state index in [0.717, 1.165) is 56.9 Å². The number of benzene rings is 2. The summed E-state index contributed by atoms with van der Waals surface area (Å²) in [6.07, 6.45) is 0.970. The van der Waals surface area contributed by atoms with Crippen molar-refractivity contribution in [3.05, 3.63) is 59.1 Å². The summed E-state index contributed by atoms with van der Waals surface area (Å²) < 4.78 is 1.26. The number of para-hydroxylation sites is 2. The van der Waals surface area contributed by atoms with Crippen LogP contribution in [0.1, 0.15) is 10.6 Å². The number of fused-ring (bicyclic) bond motifs is 2. The molecule has 144 valence electrons. The monoisotopic (exact) mass is 392 g/mol. The van der Waals surface area contributed by atoms with Crippen LogP contribution in [0.2, 0.25) is 0 Å². The first-order chi connectivity index (χ1) is 13.8. The van der Waals surface area contributed by atoms with Gasteiger partial charge in [-0.2, -0.15) is 0 Å². The zero-order chi connectivity index (χ0) is 18.9. The van der Waals surface area contributed by atoms with Gasteiger partial charge in [-0.3, -0.25) is 14.6 Å². The number of carbonyl (C=O) groups is 1. The maximum atomic E-state index is 12.8. The molecule has 0 bridgehead atoms. The van der Waals surface area contributed by atoms with Gasteiger partial charge in [-0.05, 0) is 30.2 Å². The molecule has 1 fully saturated rings. The molecule has 2 aliphatic heterocycles. The predicted molar refractivity (Wildman–Crippen MR) is 114 cm³/mol. The normalized spacial score (nSPS) is 17.9. The second kappa shape index (κ2) is 7.62. The van der Waals surface area contributed by atoms with Crippen molar-refractivity contribution in [1.82, 2.24) is 14.8 Å². The molecule has 0 radical (unpaired) electrons. The van der Waals surface area contributed by atoms with Gasteiger partial charge in [0.1, 0.15) is 5.01 Å². The number of carbonyl (C=O) groups excluding carboxylic acids is 1. The first-order valence-corrected chi connectivity index (χ1v) is 10.8. The maximum absolute atomic E-state index is 12.8. The summed E-state index contributed by atoms with van der Waals surface area (Å²) in [4.78, 5) is 24.3. The average molecular weight is 393 g/mol. The molecule has 0 N–H and O–H groups in total. The summed E-state index contributed by atoms with van der Waals surface area (Å²) in [6, 6.07) is 16.6. The Morgan fingerprint density at radius 3 is 2.54 bits per heavy atom. The van der Waals surface area contributed by atoms with Crippen LogP contribution in [0, 0.1) is 0 Å². The molecule has 5 nitrogen and oxygen atoms in total. The van der Waals surface area contributed by atoms with Gasteiger partial charge < -0.3 is 4.90 Å². The van der Waals surface area contributed by atoms with Crippen molar-refractivity contribution < 1.29 is 4.79 Å². The fourth-order valence-electron chi connectivity index (χ4n) is 4.16. The SMILES string of the molecule is O=C(CN1CCN(Cc2nc3ccccc3s2)CC1)N1CCc2ccccc21. The van der Waals surface area contributed by atoms with E-state index < -0.39 is 0 Å². The lowest BCUT2D eigenvalue weighted by Gasteiger charge is -2.34. The molecule has 1 aromatic heterocycles. The molecule has 1 amide bonds. The van der Waals surface area contributed by atoms with Crippen molar-refractivity contribution in [3.8, 4) is 0 Å². The van der Waals surface area contributed by atoms with E-state index in [1.165, 1.54) is 15.3 Å². The van der Waals surface area contributed by atoms with Crippen molar-refractivity contribution in [2.24, 2.45) is 0 Å². The third-order valence-electron chi connectivity index (χ3n) is 5.71. The lowest BCUT2D eigenvalue weighted by molar-refractivity contribution is -0.120. The molecule has 0 saturated carbocycles. The minimum absolute atomic E-state index is 0.226. The van der Waals surface area contributed by atoms with Gasteiger partial charge in [0.2, 0.25) is 5.91 Å². The Morgan fingerprint density at radius 2 is 1.68 bits per heavy atom. The van der Waals surface area contributed by atoms with Gasteiger partial charge in [-0.25, -0.2) is 4.98 Å². The second-order valence-corrected chi connectivity index (χ2v) is 8.67. The van der Waals surface area contributed by atoms with E-state index in [9.17, 15) is 4.79 Å². The van der Waals surface area contributed by atoms with Gasteiger partial charge in [0.25, 0.3) is 0 Å². The van der Waals surface area contributed by atoms with E-state index >= 15 is 0 Å². The summed E-state index contributed by atoms with van der Waals surface area (Å²) >= 11 is 1.79. The number of amides is 1. The Hall–Kier alpha value is -2.28. The predicted octanol–water partition coefficient (Wildman–Crippen LogP) is 3.00. The zero-order valence-electron chi connectivity index (χ0n) is 15.9. The molecule has 1 saturated heterocycles. The number of thiazole rings is 1. The van der Waals surface area contributed by atoms with Gasteiger partial charge in [-0.15, -0.1) is 11.3 Å². The number of aromatic nitrogens is 1. The highest BCUT2D eigenvalue weighted by atomic mass is 32.1. The Labute approximate surface area is 169 Å². The van der Waals surface area contributed by atoms with Crippen LogP contribution in [-0.2, 0) is 17.8 Å². The Balaban J connectivity index is 1.15. The van der Waals surface area contributed by atoms with E-state index in [0.29, 0.717) is 6.54 Å². The lowest BCUT2D eigenvalue weighted by atomic mass is 10.2. The highest BCUT2D eigenvalue weighted by Gasteiger charge is 2.27. The Bertz CT molecular complexity index is 960. The quantitative estimate of drug-likeness (QED) is 0.684. The summed E-state index contributed by atoms with van der Waals surface area (Å²) in [5.74, 6) is 0.226. The van der Waals surface area contributed by atoms with Crippen LogP contribution >= 0.6 is 11.3 Å². The molecule has 6 heteroatoms. The minimum atomic E-state index is 0.226. The third kappa shape index (κ3) is 3.55. The summed E-state index contributed by atoms with van der Waals surface area (Å²) in [5, 5.41) is 1.18. The van der Waals surface area contributed by atoms with E-state index in [2.05, 4.69) is 46.2 Å². The average Bonchev–Trinajstić information content (AvgIpc) is 3.33. The smallest absolute Gasteiger partial charge is 0.241 e. The lowest BCUT2D eigenvalue weighted by Crippen LogP contribution is -2.49. The second-order valence-electron chi connectivity index (χ2n) is 7.55. The van der Waals surface area contributed by atoms with Crippen LogP contribution in [0.4, 0.5) is 5.69 Å². The van der Waals surface area contributed by atoms with Crippen LogP contribution in [0.3, 0.4) is 0 Å². The number of rotatable bonds is 4. The van der Waals surface area contributed by atoms with Crippen molar-refractivity contribution in [2.45, 2.75) is 13.0 Å². The Morgan fingerprint density at radius 1 is 0.929 bits per heavy atom. The number of piperazine rings is 1. The molecule has 3 aromatic rings. The Kier molecular flexibility index (Phi) is 4.84. The fourth-order valence-corrected chi connectivity index (χ4v) is 5.17. The van der Waals surface area contributed by atoms with Gasteiger partial charge in [0.15, 0.2) is 0 Å². The van der Waals surface area contributed by atoms with Crippen LogP contribution in [0.5, 0.6) is 0 Å². The van der Waals surface area contributed by atoms with Crippen molar-refractivity contribution in [3.63, 3.8) is 0 Å². The van der Waals surface area contributed by atoms with E-state index in [4.69, 9.17) is 4.98 Å². The fraction of sp³-hybridized carbons (Fsp3) is 0.364. The van der Waals surface area contributed by atoms with Crippen LogP contribution in [0.15, 0.2) is 48.5 Å². The van der Waals surface area contributed by atoms with Crippen LogP contribution in [-0.4, -0.2) is 60.0 Å². The molecule has 2 aromatic carbocycles. The van der Waals surface area contributed by atoms with E-state index in [1.807, 2.05) is 17.0 Å². The van der Waals surface area contributed by atoms with Crippen LogP contribution in [0.25, 0.3) is 10.2 Å². The molecular formula is C22H24N4OS.